The van der Waals surface area contributed by atoms with Gasteiger partial charge in [0.25, 0.3) is 5.91 Å². The van der Waals surface area contributed by atoms with Crippen LogP contribution in [0.5, 0.6) is 0 Å². The van der Waals surface area contributed by atoms with Gasteiger partial charge >= 0.3 is 6.03 Å². The van der Waals surface area contributed by atoms with Crippen molar-refractivity contribution in [3.63, 3.8) is 0 Å². The Kier molecular flexibility index (Phi) is 9.13. The van der Waals surface area contributed by atoms with Gasteiger partial charge in [-0.05, 0) is 35.5 Å². The molecule has 0 spiro atoms. The molecule has 2 aromatic carbocycles. The van der Waals surface area contributed by atoms with E-state index in [2.05, 4.69) is 46.2 Å². The highest BCUT2D eigenvalue weighted by Gasteiger charge is 2.22. The Morgan fingerprint density at radius 2 is 1.69 bits per heavy atom. The average Bonchev–Trinajstić information content (AvgIpc) is 3.20. The van der Waals surface area contributed by atoms with E-state index >= 15 is 0 Å². The Morgan fingerprint density at radius 3 is 2.25 bits per heavy atom. The van der Waals surface area contributed by atoms with Crippen LogP contribution < -0.4 is 16.4 Å². The van der Waals surface area contributed by atoms with Gasteiger partial charge in [-0.1, -0.05) is 74.0 Å². The van der Waals surface area contributed by atoms with Gasteiger partial charge in [-0.25, -0.2) is 4.79 Å². The lowest BCUT2D eigenvalue weighted by Crippen LogP contribution is -2.30. The van der Waals surface area contributed by atoms with E-state index in [4.69, 9.17) is 5.73 Å². The molecule has 0 aliphatic rings. The number of nitrogens with zero attached hydrogens (tertiary/aromatic N) is 1. The van der Waals surface area contributed by atoms with E-state index in [1.807, 2.05) is 36.4 Å². The number of anilines is 1. The van der Waals surface area contributed by atoms with Crippen LogP contribution in [0.4, 0.5) is 9.80 Å². The molecule has 0 atom stereocenters. The van der Waals surface area contributed by atoms with Crippen LogP contribution in [0.3, 0.4) is 0 Å². The minimum atomic E-state index is -0.590. The van der Waals surface area contributed by atoms with Crippen LogP contribution >= 0.6 is 23.3 Å². The third kappa shape index (κ3) is 6.58. The van der Waals surface area contributed by atoms with Crippen molar-refractivity contribution in [3.8, 4) is 0 Å². The molecule has 3 rings (SSSR count). The second kappa shape index (κ2) is 12.3. The molecule has 0 aliphatic carbocycles. The Bertz CT molecular complexity index is 970. The van der Waals surface area contributed by atoms with Crippen molar-refractivity contribution in [3.05, 3.63) is 77.4 Å². The van der Waals surface area contributed by atoms with Gasteiger partial charge in [-0.15, -0.1) is 11.8 Å². The number of unbranched alkanes of at least 4 members (excludes halogenated alkanes) is 1. The predicted molar refractivity (Wildman–Crippen MR) is 133 cm³/mol. The second-order valence-corrected chi connectivity index (χ2v) is 9.16. The summed E-state index contributed by atoms with van der Waals surface area (Å²) < 4.78 is 4.39. The van der Waals surface area contributed by atoms with Crippen molar-refractivity contribution in [1.29, 1.82) is 0 Å². The number of primary amides is 1. The predicted octanol–water partition coefficient (Wildman–Crippen LogP) is 5.48. The second-order valence-electron chi connectivity index (χ2n) is 7.30. The van der Waals surface area contributed by atoms with Gasteiger partial charge in [0.05, 0.1) is 0 Å². The molecule has 168 valence electrons. The molecule has 3 aromatic rings. The van der Waals surface area contributed by atoms with Gasteiger partial charge in [-0.2, -0.15) is 4.37 Å². The summed E-state index contributed by atoms with van der Waals surface area (Å²) in [6.07, 6.45) is 2.75. The van der Waals surface area contributed by atoms with Crippen molar-refractivity contribution in [2.24, 2.45) is 5.73 Å². The van der Waals surface area contributed by atoms with E-state index in [-0.39, 0.29) is 17.5 Å². The van der Waals surface area contributed by atoms with Gasteiger partial charge in [0.15, 0.2) is 0 Å². The molecular formula is C24H28N4O2S2. The number of hydrogen-bond donors (Lipinski definition) is 3. The molecule has 0 saturated heterocycles. The van der Waals surface area contributed by atoms with Gasteiger partial charge in [0.1, 0.15) is 15.6 Å². The Labute approximate surface area is 197 Å². The normalized spacial score (nSPS) is 10.8. The van der Waals surface area contributed by atoms with E-state index in [9.17, 15) is 9.59 Å². The number of hydrogen-bond acceptors (Lipinski definition) is 5. The zero-order chi connectivity index (χ0) is 22.8. The fourth-order valence-electron chi connectivity index (χ4n) is 3.37. The largest absolute Gasteiger partial charge is 0.365 e. The zero-order valence-corrected chi connectivity index (χ0v) is 19.7. The minimum Gasteiger partial charge on any atom is -0.365 e. The Hall–Kier alpha value is -2.84. The maximum absolute atomic E-state index is 12.1. The summed E-state index contributed by atoms with van der Waals surface area (Å²) in [5, 5.41) is 6.43. The summed E-state index contributed by atoms with van der Waals surface area (Å²) in [6.45, 7) is 2.63. The Balaban J connectivity index is 1.68. The van der Waals surface area contributed by atoms with Crippen LogP contribution in [0.25, 0.3) is 0 Å². The number of thioether (sulfide) groups is 1. The number of carbonyl (C=O) groups is 2. The third-order valence-electron chi connectivity index (χ3n) is 5.00. The van der Waals surface area contributed by atoms with Crippen molar-refractivity contribution in [2.45, 2.75) is 37.1 Å². The van der Waals surface area contributed by atoms with Crippen molar-refractivity contribution < 1.29 is 9.59 Å². The zero-order valence-electron chi connectivity index (χ0n) is 18.0. The van der Waals surface area contributed by atoms with Gasteiger partial charge in [-0.3, -0.25) is 10.1 Å². The van der Waals surface area contributed by atoms with Crippen molar-refractivity contribution >= 4 is 40.2 Å². The maximum atomic E-state index is 12.1. The summed E-state index contributed by atoms with van der Waals surface area (Å²) in [5.74, 6) is 0.399. The fraction of sp³-hybridized carbons (Fsp3) is 0.292. The molecule has 1 aromatic heterocycles. The van der Waals surface area contributed by atoms with Gasteiger partial charge in [0.2, 0.25) is 0 Å². The van der Waals surface area contributed by atoms with Crippen LogP contribution in [0.15, 0.2) is 65.7 Å². The van der Waals surface area contributed by atoms with Crippen LogP contribution in [0.2, 0.25) is 0 Å². The number of aromatic nitrogens is 1. The van der Waals surface area contributed by atoms with Gasteiger partial charge in [0, 0.05) is 18.2 Å². The van der Waals surface area contributed by atoms with Crippen molar-refractivity contribution in [1.82, 2.24) is 9.69 Å². The van der Waals surface area contributed by atoms with E-state index in [0.29, 0.717) is 16.6 Å². The number of amides is 3. The highest BCUT2D eigenvalue weighted by molar-refractivity contribution is 7.99. The number of nitrogens with two attached hydrogens (primary N) is 1. The average molecular weight is 469 g/mol. The van der Waals surface area contributed by atoms with E-state index < -0.39 is 5.91 Å². The first-order valence-electron chi connectivity index (χ1n) is 10.7. The molecule has 0 fully saturated rings. The first-order chi connectivity index (χ1) is 15.6. The molecule has 0 unspecified atom stereocenters. The Morgan fingerprint density at radius 1 is 1.06 bits per heavy atom. The molecule has 0 radical (unpaired) electrons. The number of nitrogens with one attached hydrogen (secondary N) is 2. The van der Waals surface area contributed by atoms with Crippen LogP contribution in [0.1, 0.15) is 53.6 Å². The standard InChI is InChI=1S/C24H28N4O2S2/c1-2-3-15-26-24(30)27-22-20(21(25)29)23(28-32-22)31-16-14-19(17-10-6-4-7-11-17)18-12-8-5-9-13-18/h4-13,19H,2-3,14-16H2,1H3,(H2,25,29)(H2,26,27,30). The summed E-state index contributed by atoms with van der Waals surface area (Å²) in [6, 6.07) is 20.4. The monoisotopic (exact) mass is 468 g/mol. The highest BCUT2D eigenvalue weighted by atomic mass is 32.2. The molecule has 3 amide bonds. The lowest BCUT2D eigenvalue weighted by atomic mass is 9.89. The highest BCUT2D eigenvalue weighted by Crippen LogP contribution is 2.35. The molecule has 0 aliphatic heterocycles. The maximum Gasteiger partial charge on any atom is 0.319 e. The van der Waals surface area contributed by atoms with Crippen LogP contribution in [-0.4, -0.2) is 28.6 Å². The summed E-state index contributed by atoms with van der Waals surface area (Å²) in [5.41, 5.74) is 8.39. The topological polar surface area (TPSA) is 97.1 Å². The SMILES string of the molecule is CCCCNC(=O)Nc1snc(SCCC(c2ccccc2)c2ccccc2)c1C(N)=O. The first kappa shape index (κ1) is 23.8. The molecule has 0 bridgehead atoms. The molecular weight excluding hydrogens is 440 g/mol. The molecule has 32 heavy (non-hydrogen) atoms. The van der Waals surface area contributed by atoms with E-state index in [1.54, 1.807) is 0 Å². The van der Waals surface area contributed by atoms with Gasteiger partial charge < -0.3 is 11.1 Å². The van der Waals surface area contributed by atoms with Crippen LogP contribution in [-0.2, 0) is 0 Å². The number of benzene rings is 2. The quantitative estimate of drug-likeness (QED) is 0.256. The lowest BCUT2D eigenvalue weighted by Gasteiger charge is -2.17. The summed E-state index contributed by atoms with van der Waals surface area (Å²) in [7, 11) is 0. The smallest absolute Gasteiger partial charge is 0.319 e. The third-order valence-corrected chi connectivity index (χ3v) is 6.89. The minimum absolute atomic E-state index is 0.238. The number of urea groups is 1. The van der Waals surface area contributed by atoms with Crippen LogP contribution in [0, 0.1) is 0 Å². The molecule has 6 nitrogen and oxygen atoms in total. The summed E-state index contributed by atoms with van der Waals surface area (Å²) in [4.78, 5) is 24.2. The van der Waals surface area contributed by atoms with E-state index in [1.165, 1.54) is 22.9 Å². The number of carbonyl (C=O) groups excluding carboxylic acids is 2. The molecule has 0 saturated carbocycles. The van der Waals surface area contributed by atoms with E-state index in [0.717, 1.165) is 36.5 Å². The number of rotatable bonds is 11. The molecule has 1 heterocycles. The van der Waals surface area contributed by atoms with Crippen molar-refractivity contribution in [2.75, 3.05) is 17.6 Å². The molecule has 4 N–H and O–H groups in total. The first-order valence-corrected chi connectivity index (χ1v) is 12.4. The molecule has 8 heteroatoms. The lowest BCUT2D eigenvalue weighted by molar-refractivity contribution is 0.0998. The summed E-state index contributed by atoms with van der Waals surface area (Å²) >= 11 is 2.57. The fourth-order valence-corrected chi connectivity index (χ4v) is 5.35.